The molecule has 124 valence electrons. The molecule has 0 aliphatic heterocycles. The van der Waals surface area contributed by atoms with E-state index < -0.39 is 17.4 Å². The fourth-order valence-electron chi connectivity index (χ4n) is 3.03. The van der Waals surface area contributed by atoms with Crippen LogP contribution in [-0.2, 0) is 16.8 Å². The standard InChI is InChI=1S/C19H19NO4/c21-17(22)14-4-2-13(3-5-14)12-20-16-8-6-15(7-9-16)19(18(23)24)10-1-11-19/h2-9,20H,1,10-12H2,(H,21,22)(H,23,24). The first-order valence-corrected chi connectivity index (χ1v) is 7.91. The Labute approximate surface area is 139 Å². The van der Waals surface area contributed by atoms with Gasteiger partial charge in [-0.1, -0.05) is 30.7 Å². The quantitative estimate of drug-likeness (QED) is 0.756. The molecule has 24 heavy (non-hydrogen) atoms. The van der Waals surface area contributed by atoms with Gasteiger partial charge in [0.15, 0.2) is 0 Å². The van der Waals surface area contributed by atoms with Crippen molar-refractivity contribution in [2.75, 3.05) is 5.32 Å². The van der Waals surface area contributed by atoms with Crippen molar-refractivity contribution in [3.63, 3.8) is 0 Å². The van der Waals surface area contributed by atoms with E-state index in [2.05, 4.69) is 5.32 Å². The van der Waals surface area contributed by atoms with E-state index in [4.69, 9.17) is 5.11 Å². The zero-order valence-corrected chi connectivity index (χ0v) is 13.2. The van der Waals surface area contributed by atoms with Crippen LogP contribution in [0, 0.1) is 0 Å². The first kappa shape index (κ1) is 16.1. The van der Waals surface area contributed by atoms with Gasteiger partial charge in [-0.25, -0.2) is 4.79 Å². The largest absolute Gasteiger partial charge is 0.481 e. The van der Waals surface area contributed by atoms with Crippen LogP contribution in [0.25, 0.3) is 0 Å². The topological polar surface area (TPSA) is 86.6 Å². The van der Waals surface area contributed by atoms with Crippen LogP contribution in [0.2, 0.25) is 0 Å². The summed E-state index contributed by atoms with van der Waals surface area (Å²) < 4.78 is 0. The molecule has 1 fully saturated rings. The molecule has 0 spiro atoms. The first-order valence-electron chi connectivity index (χ1n) is 7.91. The molecule has 2 aromatic rings. The summed E-state index contributed by atoms with van der Waals surface area (Å²) in [5.74, 6) is -1.68. The number of aliphatic carboxylic acids is 1. The van der Waals surface area contributed by atoms with E-state index in [9.17, 15) is 14.7 Å². The van der Waals surface area contributed by atoms with E-state index in [0.717, 1.165) is 23.2 Å². The smallest absolute Gasteiger partial charge is 0.335 e. The molecule has 0 atom stereocenters. The van der Waals surface area contributed by atoms with Crippen molar-refractivity contribution < 1.29 is 19.8 Å². The number of anilines is 1. The van der Waals surface area contributed by atoms with Crippen LogP contribution in [-0.4, -0.2) is 22.2 Å². The zero-order valence-electron chi connectivity index (χ0n) is 13.2. The van der Waals surface area contributed by atoms with Crippen molar-refractivity contribution >= 4 is 17.6 Å². The number of hydrogen-bond donors (Lipinski definition) is 3. The third-order valence-corrected chi connectivity index (χ3v) is 4.75. The van der Waals surface area contributed by atoms with Gasteiger partial charge in [0.05, 0.1) is 11.0 Å². The van der Waals surface area contributed by atoms with Gasteiger partial charge in [0.25, 0.3) is 0 Å². The summed E-state index contributed by atoms with van der Waals surface area (Å²) in [7, 11) is 0. The molecule has 0 radical (unpaired) electrons. The number of aromatic carboxylic acids is 1. The van der Waals surface area contributed by atoms with Crippen LogP contribution >= 0.6 is 0 Å². The van der Waals surface area contributed by atoms with Crippen molar-refractivity contribution in [3.8, 4) is 0 Å². The van der Waals surface area contributed by atoms with Crippen LogP contribution in [0.15, 0.2) is 48.5 Å². The van der Waals surface area contributed by atoms with E-state index in [1.807, 2.05) is 24.3 Å². The van der Waals surface area contributed by atoms with E-state index in [0.29, 0.717) is 19.4 Å². The molecular formula is C19H19NO4. The molecule has 5 heteroatoms. The Kier molecular flexibility index (Phi) is 4.25. The molecule has 0 bridgehead atoms. The summed E-state index contributed by atoms with van der Waals surface area (Å²) in [5.41, 5.74) is 2.30. The van der Waals surface area contributed by atoms with Crippen molar-refractivity contribution in [1.82, 2.24) is 0 Å². The monoisotopic (exact) mass is 325 g/mol. The highest BCUT2D eigenvalue weighted by Gasteiger charge is 2.45. The van der Waals surface area contributed by atoms with Crippen LogP contribution in [0.5, 0.6) is 0 Å². The summed E-state index contributed by atoms with van der Waals surface area (Å²) in [6.07, 6.45) is 2.36. The van der Waals surface area contributed by atoms with Crippen LogP contribution in [0.1, 0.15) is 40.7 Å². The molecule has 0 unspecified atom stereocenters. The second kappa shape index (κ2) is 6.35. The van der Waals surface area contributed by atoms with Crippen molar-refractivity contribution in [1.29, 1.82) is 0 Å². The van der Waals surface area contributed by atoms with Gasteiger partial charge in [0.1, 0.15) is 0 Å². The van der Waals surface area contributed by atoms with Gasteiger partial charge in [-0.05, 0) is 48.2 Å². The second-order valence-electron chi connectivity index (χ2n) is 6.17. The highest BCUT2D eigenvalue weighted by Crippen LogP contribution is 2.44. The lowest BCUT2D eigenvalue weighted by Gasteiger charge is -2.38. The lowest BCUT2D eigenvalue weighted by molar-refractivity contribution is -0.147. The van der Waals surface area contributed by atoms with Gasteiger partial charge in [-0.2, -0.15) is 0 Å². The molecule has 3 N–H and O–H groups in total. The van der Waals surface area contributed by atoms with Crippen molar-refractivity contribution in [2.24, 2.45) is 0 Å². The summed E-state index contributed by atoms with van der Waals surface area (Å²) >= 11 is 0. The number of hydrogen-bond acceptors (Lipinski definition) is 3. The number of benzene rings is 2. The minimum Gasteiger partial charge on any atom is -0.481 e. The Balaban J connectivity index is 1.64. The van der Waals surface area contributed by atoms with Crippen LogP contribution < -0.4 is 5.32 Å². The fourth-order valence-corrected chi connectivity index (χ4v) is 3.03. The van der Waals surface area contributed by atoms with Gasteiger partial charge >= 0.3 is 11.9 Å². The molecule has 2 aromatic carbocycles. The van der Waals surface area contributed by atoms with Gasteiger partial charge < -0.3 is 15.5 Å². The molecule has 0 amide bonds. The minimum absolute atomic E-state index is 0.266. The Hall–Kier alpha value is -2.82. The summed E-state index contributed by atoms with van der Waals surface area (Å²) in [5, 5.41) is 21.6. The predicted molar refractivity (Wildman–Crippen MR) is 90.3 cm³/mol. The maximum Gasteiger partial charge on any atom is 0.335 e. The van der Waals surface area contributed by atoms with Gasteiger partial charge in [0, 0.05) is 12.2 Å². The molecule has 1 saturated carbocycles. The maximum absolute atomic E-state index is 11.5. The lowest BCUT2D eigenvalue weighted by Crippen LogP contribution is -2.42. The molecule has 1 aliphatic carbocycles. The number of carboxylic acid groups (broad SMARTS) is 2. The van der Waals surface area contributed by atoms with Crippen molar-refractivity contribution in [2.45, 2.75) is 31.2 Å². The summed E-state index contributed by atoms with van der Waals surface area (Å²) in [4.78, 5) is 22.3. The average molecular weight is 325 g/mol. The average Bonchev–Trinajstić information content (AvgIpc) is 2.53. The summed E-state index contributed by atoms with van der Waals surface area (Å²) in [6.45, 7) is 0.573. The normalized spacial score (nSPS) is 15.3. The number of carbonyl (C=O) groups is 2. The molecular weight excluding hydrogens is 306 g/mol. The van der Waals surface area contributed by atoms with E-state index in [-0.39, 0.29) is 5.56 Å². The fraction of sp³-hybridized carbons (Fsp3) is 0.263. The summed E-state index contributed by atoms with van der Waals surface area (Å²) in [6, 6.07) is 14.3. The van der Waals surface area contributed by atoms with Gasteiger partial charge in [0.2, 0.25) is 0 Å². The zero-order chi connectivity index (χ0) is 17.2. The lowest BCUT2D eigenvalue weighted by atomic mass is 9.64. The Morgan fingerprint density at radius 3 is 2.04 bits per heavy atom. The maximum atomic E-state index is 11.5. The third kappa shape index (κ3) is 2.97. The van der Waals surface area contributed by atoms with E-state index >= 15 is 0 Å². The van der Waals surface area contributed by atoms with E-state index in [1.54, 1.807) is 24.3 Å². The highest BCUT2D eigenvalue weighted by atomic mass is 16.4. The number of nitrogens with one attached hydrogen (secondary N) is 1. The molecule has 1 aliphatic rings. The molecule has 0 heterocycles. The first-order chi connectivity index (χ1) is 11.5. The minimum atomic E-state index is -0.937. The van der Waals surface area contributed by atoms with Crippen LogP contribution in [0.4, 0.5) is 5.69 Å². The molecule has 5 nitrogen and oxygen atoms in total. The number of carboxylic acids is 2. The molecule has 0 aromatic heterocycles. The van der Waals surface area contributed by atoms with Crippen LogP contribution in [0.3, 0.4) is 0 Å². The Morgan fingerprint density at radius 2 is 1.58 bits per heavy atom. The van der Waals surface area contributed by atoms with Gasteiger partial charge in [-0.15, -0.1) is 0 Å². The Bertz CT molecular complexity index is 746. The number of rotatable bonds is 6. The molecule has 3 rings (SSSR count). The SMILES string of the molecule is O=C(O)c1ccc(CNc2ccc(C3(C(=O)O)CCC3)cc2)cc1. The second-order valence-corrected chi connectivity index (χ2v) is 6.17. The highest BCUT2D eigenvalue weighted by molar-refractivity contribution is 5.87. The third-order valence-electron chi connectivity index (χ3n) is 4.75. The molecule has 0 saturated heterocycles. The van der Waals surface area contributed by atoms with Crippen molar-refractivity contribution in [3.05, 3.63) is 65.2 Å². The Morgan fingerprint density at radius 1 is 0.958 bits per heavy atom. The van der Waals surface area contributed by atoms with E-state index in [1.165, 1.54) is 0 Å². The predicted octanol–water partition coefficient (Wildman–Crippen LogP) is 3.50. The van der Waals surface area contributed by atoms with Gasteiger partial charge in [-0.3, -0.25) is 4.79 Å².